The van der Waals surface area contributed by atoms with Gasteiger partial charge in [-0.05, 0) is 47.2 Å². The molecule has 2 N–H and O–H groups in total. The summed E-state index contributed by atoms with van der Waals surface area (Å²) in [5.41, 5.74) is 5.04. The van der Waals surface area contributed by atoms with Crippen molar-refractivity contribution in [2.45, 2.75) is 0 Å². The molecule has 0 aromatic heterocycles. The third kappa shape index (κ3) is 6.26. The predicted octanol–water partition coefficient (Wildman–Crippen LogP) is 4.14. The molecule has 0 aliphatic heterocycles. The molecule has 0 atom stereocenters. The Morgan fingerprint density at radius 3 is 2.18 bits per heavy atom. The molecule has 172 valence electrons. The van der Waals surface area contributed by atoms with Crippen molar-refractivity contribution in [2.75, 3.05) is 19.8 Å². The molecule has 7 nitrogen and oxygen atoms in total. The van der Waals surface area contributed by atoms with Gasteiger partial charge in [-0.25, -0.2) is 0 Å². The fourth-order valence-electron chi connectivity index (χ4n) is 3.24. The SMILES string of the molecule is O=C(COc1ccc2ccccc2c1)NNC(=O)c1ccccc1OCCOc1ccccc1. The van der Waals surface area contributed by atoms with Crippen molar-refractivity contribution in [3.05, 3.63) is 103 Å². The summed E-state index contributed by atoms with van der Waals surface area (Å²) in [7, 11) is 0. The fourth-order valence-corrected chi connectivity index (χ4v) is 3.24. The van der Waals surface area contributed by atoms with E-state index in [4.69, 9.17) is 14.2 Å². The normalized spacial score (nSPS) is 10.4. The van der Waals surface area contributed by atoms with Crippen LogP contribution in [0.1, 0.15) is 10.4 Å². The molecule has 0 radical (unpaired) electrons. The second-order valence-corrected chi connectivity index (χ2v) is 7.31. The van der Waals surface area contributed by atoms with E-state index in [1.54, 1.807) is 30.3 Å². The number of fused-ring (bicyclic) bond motifs is 1. The number of carbonyl (C=O) groups is 2. The number of carbonyl (C=O) groups excluding carboxylic acids is 2. The lowest BCUT2D eigenvalue weighted by molar-refractivity contribution is -0.123. The molecule has 0 heterocycles. The molecule has 0 aliphatic carbocycles. The van der Waals surface area contributed by atoms with Crippen LogP contribution in [0.5, 0.6) is 17.2 Å². The number of nitrogens with one attached hydrogen (secondary N) is 2. The Kier molecular flexibility index (Phi) is 7.58. The number of hydrazine groups is 1. The van der Waals surface area contributed by atoms with Gasteiger partial charge in [0.25, 0.3) is 11.8 Å². The molecule has 0 fully saturated rings. The first-order valence-electron chi connectivity index (χ1n) is 10.8. The third-order valence-corrected chi connectivity index (χ3v) is 4.89. The van der Waals surface area contributed by atoms with Crippen molar-refractivity contribution >= 4 is 22.6 Å². The average Bonchev–Trinajstić information content (AvgIpc) is 2.89. The van der Waals surface area contributed by atoms with Crippen molar-refractivity contribution in [2.24, 2.45) is 0 Å². The zero-order valence-corrected chi connectivity index (χ0v) is 18.4. The van der Waals surface area contributed by atoms with E-state index >= 15 is 0 Å². The van der Waals surface area contributed by atoms with E-state index in [1.807, 2.05) is 66.7 Å². The van der Waals surface area contributed by atoms with E-state index in [1.165, 1.54) is 0 Å². The molecule has 0 saturated heterocycles. The van der Waals surface area contributed by atoms with Gasteiger partial charge in [0.15, 0.2) is 6.61 Å². The second kappa shape index (κ2) is 11.4. The molecule has 0 spiro atoms. The monoisotopic (exact) mass is 456 g/mol. The van der Waals surface area contributed by atoms with Crippen LogP contribution in [0.25, 0.3) is 10.8 Å². The maximum atomic E-state index is 12.6. The highest BCUT2D eigenvalue weighted by molar-refractivity contribution is 5.98. The number of amides is 2. The molecule has 34 heavy (non-hydrogen) atoms. The van der Waals surface area contributed by atoms with Crippen molar-refractivity contribution in [1.29, 1.82) is 0 Å². The lowest BCUT2D eigenvalue weighted by atomic mass is 10.1. The van der Waals surface area contributed by atoms with Gasteiger partial charge in [0.05, 0.1) is 5.56 Å². The van der Waals surface area contributed by atoms with Crippen LogP contribution in [0.2, 0.25) is 0 Å². The zero-order chi connectivity index (χ0) is 23.6. The van der Waals surface area contributed by atoms with Crippen LogP contribution in [0.3, 0.4) is 0 Å². The second-order valence-electron chi connectivity index (χ2n) is 7.31. The summed E-state index contributed by atoms with van der Waals surface area (Å²) in [5.74, 6) is 0.704. The van der Waals surface area contributed by atoms with E-state index in [0.717, 1.165) is 16.5 Å². The number of rotatable bonds is 9. The summed E-state index contributed by atoms with van der Waals surface area (Å²) >= 11 is 0. The highest BCUT2D eigenvalue weighted by Crippen LogP contribution is 2.20. The van der Waals surface area contributed by atoms with Crippen molar-refractivity contribution in [3.63, 3.8) is 0 Å². The Balaban J connectivity index is 1.24. The van der Waals surface area contributed by atoms with Crippen LogP contribution in [0.4, 0.5) is 0 Å². The van der Waals surface area contributed by atoms with Gasteiger partial charge in [-0.1, -0.05) is 60.7 Å². The van der Waals surface area contributed by atoms with E-state index in [0.29, 0.717) is 18.1 Å². The first kappa shape index (κ1) is 22.7. The molecule has 2 amide bonds. The Bertz CT molecular complexity index is 1260. The maximum Gasteiger partial charge on any atom is 0.276 e. The van der Waals surface area contributed by atoms with Gasteiger partial charge in [0.1, 0.15) is 30.5 Å². The van der Waals surface area contributed by atoms with Crippen LogP contribution in [0, 0.1) is 0 Å². The maximum absolute atomic E-state index is 12.6. The quantitative estimate of drug-likeness (QED) is 0.292. The summed E-state index contributed by atoms with van der Waals surface area (Å²) in [6.45, 7) is 0.335. The van der Waals surface area contributed by atoms with Crippen LogP contribution >= 0.6 is 0 Å². The molecular weight excluding hydrogens is 432 g/mol. The van der Waals surface area contributed by atoms with Crippen LogP contribution < -0.4 is 25.1 Å². The van der Waals surface area contributed by atoms with Gasteiger partial charge in [-0.3, -0.25) is 20.4 Å². The Hall–Kier alpha value is -4.52. The summed E-state index contributed by atoms with van der Waals surface area (Å²) in [6, 6.07) is 29.6. The predicted molar refractivity (Wildman–Crippen MR) is 129 cm³/mol. The first-order chi connectivity index (χ1) is 16.7. The summed E-state index contributed by atoms with van der Waals surface area (Å²) < 4.78 is 16.8. The lowest BCUT2D eigenvalue weighted by Gasteiger charge is -2.13. The smallest absolute Gasteiger partial charge is 0.276 e. The molecule has 0 unspecified atom stereocenters. The Morgan fingerprint density at radius 2 is 1.32 bits per heavy atom. The number of hydrogen-bond acceptors (Lipinski definition) is 5. The summed E-state index contributed by atoms with van der Waals surface area (Å²) in [6.07, 6.45) is 0. The third-order valence-electron chi connectivity index (χ3n) is 4.89. The molecular formula is C27H24N2O5. The topological polar surface area (TPSA) is 85.9 Å². The van der Waals surface area contributed by atoms with Gasteiger partial charge < -0.3 is 14.2 Å². The van der Waals surface area contributed by atoms with Gasteiger partial charge in [-0.2, -0.15) is 0 Å². The largest absolute Gasteiger partial charge is 0.490 e. The minimum absolute atomic E-state index is 0.242. The molecule has 0 aliphatic rings. The first-order valence-corrected chi connectivity index (χ1v) is 10.8. The molecule has 0 saturated carbocycles. The molecule has 7 heteroatoms. The minimum atomic E-state index is -0.501. The van der Waals surface area contributed by atoms with Crippen LogP contribution in [0.15, 0.2) is 97.1 Å². The van der Waals surface area contributed by atoms with Crippen LogP contribution in [-0.4, -0.2) is 31.6 Å². The molecule has 0 bridgehead atoms. The molecule has 4 rings (SSSR count). The number of ether oxygens (including phenoxy) is 3. The van der Waals surface area contributed by atoms with Gasteiger partial charge in [0, 0.05) is 0 Å². The summed E-state index contributed by atoms with van der Waals surface area (Å²) in [4.78, 5) is 24.7. The summed E-state index contributed by atoms with van der Waals surface area (Å²) in [5, 5.41) is 2.10. The van der Waals surface area contributed by atoms with Crippen molar-refractivity contribution in [1.82, 2.24) is 10.9 Å². The van der Waals surface area contributed by atoms with Gasteiger partial charge in [-0.15, -0.1) is 0 Å². The molecule has 4 aromatic rings. The fraction of sp³-hybridized carbons (Fsp3) is 0.111. The van der Waals surface area contributed by atoms with Gasteiger partial charge >= 0.3 is 0 Å². The number of hydrogen-bond donors (Lipinski definition) is 2. The average molecular weight is 456 g/mol. The highest BCUT2D eigenvalue weighted by atomic mass is 16.5. The standard InChI is InChI=1S/C27H24N2O5/c30-26(19-34-23-15-14-20-8-4-5-9-21(20)18-23)28-29-27(31)24-12-6-7-13-25(24)33-17-16-32-22-10-2-1-3-11-22/h1-15,18H,16-17,19H2,(H,28,30)(H,29,31). The van der Waals surface area contributed by atoms with Crippen molar-refractivity contribution < 1.29 is 23.8 Å². The minimum Gasteiger partial charge on any atom is -0.490 e. The van der Waals surface area contributed by atoms with E-state index in [2.05, 4.69) is 10.9 Å². The number of para-hydroxylation sites is 2. The lowest BCUT2D eigenvalue weighted by Crippen LogP contribution is -2.44. The number of benzene rings is 4. The Morgan fingerprint density at radius 1 is 0.618 bits per heavy atom. The van der Waals surface area contributed by atoms with E-state index < -0.39 is 11.8 Å². The zero-order valence-electron chi connectivity index (χ0n) is 18.4. The highest BCUT2D eigenvalue weighted by Gasteiger charge is 2.13. The molecule has 4 aromatic carbocycles. The van der Waals surface area contributed by atoms with Gasteiger partial charge in [0.2, 0.25) is 0 Å². The van der Waals surface area contributed by atoms with Crippen molar-refractivity contribution in [3.8, 4) is 17.2 Å². The van der Waals surface area contributed by atoms with E-state index in [-0.39, 0.29) is 18.8 Å². The van der Waals surface area contributed by atoms with E-state index in [9.17, 15) is 9.59 Å². The van der Waals surface area contributed by atoms with Crippen LogP contribution in [-0.2, 0) is 4.79 Å². The Labute approximate surface area is 197 Å².